The lowest BCUT2D eigenvalue weighted by atomic mass is 9.40. The number of fused-ring (bicyclic) bond motifs is 12. The molecule has 3 heterocycles. The molecule has 0 saturated heterocycles. The van der Waals surface area contributed by atoms with E-state index < -0.39 is 0 Å². The van der Waals surface area contributed by atoms with E-state index in [-0.39, 0.29) is 13.2 Å². The average molecular weight is 1040 g/mol. The van der Waals surface area contributed by atoms with Crippen LogP contribution in [0.15, 0.2) is 236 Å². The van der Waals surface area contributed by atoms with Crippen molar-refractivity contribution in [1.82, 2.24) is 4.57 Å². The summed E-state index contributed by atoms with van der Waals surface area (Å²) in [6, 6.07) is 74.2. The van der Waals surface area contributed by atoms with Crippen molar-refractivity contribution in [2.45, 2.75) is 13.8 Å². The number of aromatic nitrogens is 1. The molecule has 3 nitrogen and oxygen atoms in total. The van der Waals surface area contributed by atoms with E-state index in [9.17, 15) is 4.39 Å². The molecule has 14 rings (SSSR count). The first-order valence-electron chi connectivity index (χ1n) is 22.9. The molecule has 0 aliphatic heterocycles. The summed E-state index contributed by atoms with van der Waals surface area (Å²) in [4.78, 5) is 0. The lowest BCUT2D eigenvalue weighted by molar-refractivity contribution is 0.584. The zero-order valence-electron chi connectivity index (χ0n) is 37.6. The topological polar surface area (TPSA) is 31.2 Å². The van der Waals surface area contributed by atoms with Gasteiger partial charge >= 0.3 is 0 Å². The van der Waals surface area contributed by atoms with Crippen LogP contribution in [0.25, 0.3) is 105 Å². The van der Waals surface area contributed by atoms with E-state index in [0.717, 1.165) is 78.5 Å². The summed E-state index contributed by atoms with van der Waals surface area (Å²) in [5.74, 6) is -0.323. The lowest BCUT2D eigenvalue weighted by Gasteiger charge is -2.11. The van der Waals surface area contributed by atoms with Crippen molar-refractivity contribution in [3.05, 3.63) is 244 Å². The molecule has 1 aliphatic rings. The van der Waals surface area contributed by atoms with Crippen molar-refractivity contribution >= 4 is 120 Å². The van der Waals surface area contributed by atoms with E-state index in [1.165, 1.54) is 54.7 Å². The summed E-state index contributed by atoms with van der Waals surface area (Å²) in [5, 5.41) is 6.50. The molecular weight excluding hydrogens is 1000 g/mol. The van der Waals surface area contributed by atoms with Gasteiger partial charge in [-0.15, -0.1) is 0 Å². The van der Waals surface area contributed by atoms with Crippen molar-refractivity contribution in [1.29, 1.82) is 0 Å². The minimum absolute atomic E-state index is 0. The number of furan rings is 2. The third-order valence-corrected chi connectivity index (χ3v) is 14.1. The minimum atomic E-state index is -0.323. The predicted molar refractivity (Wildman–Crippen MR) is 307 cm³/mol. The minimum Gasteiger partial charge on any atom is -0.454 e. The van der Waals surface area contributed by atoms with Crippen LogP contribution in [-0.2, 0) is 6.42 Å². The summed E-state index contributed by atoms with van der Waals surface area (Å²) in [6.07, 6.45) is 1.07. The summed E-state index contributed by atoms with van der Waals surface area (Å²) in [6.45, 7) is 0. The molecule has 0 atom stereocenters. The molecule has 9 heteroatoms. The molecule has 0 fully saturated rings. The molecule has 71 heavy (non-hydrogen) atoms. The second-order valence-electron chi connectivity index (χ2n) is 16.9. The first-order valence-corrected chi connectivity index (χ1v) is 24.5. The van der Waals surface area contributed by atoms with Gasteiger partial charge in [-0.2, -0.15) is 0 Å². The Kier molecular flexibility index (Phi) is 13.7. The molecule has 0 amide bonds. The fraction of sp³-hybridized carbons (Fsp3) is 0.0323. The van der Waals surface area contributed by atoms with Crippen LogP contribution < -0.4 is 0 Å². The molecule has 0 spiro atoms. The van der Waals surface area contributed by atoms with Gasteiger partial charge in [0.15, 0.2) is 17.0 Å². The van der Waals surface area contributed by atoms with Gasteiger partial charge in [-0.1, -0.05) is 209 Å². The van der Waals surface area contributed by atoms with E-state index in [2.05, 4.69) is 197 Å². The number of halogens is 3. The van der Waals surface area contributed by atoms with Crippen LogP contribution >= 0.6 is 31.9 Å². The van der Waals surface area contributed by atoms with Crippen LogP contribution in [0.4, 0.5) is 4.39 Å². The highest BCUT2D eigenvalue weighted by molar-refractivity contribution is 9.11. The zero-order valence-corrected chi connectivity index (χ0v) is 40.8. The number of nitrogens with zero attached hydrogens (tertiary/aromatic N) is 1. The van der Waals surface area contributed by atoms with Crippen molar-refractivity contribution in [2.24, 2.45) is 0 Å². The maximum atomic E-state index is 14.0. The summed E-state index contributed by atoms with van der Waals surface area (Å²) < 4.78 is 30.9. The lowest BCUT2D eigenvalue weighted by Crippen LogP contribution is -1.95. The Labute approximate surface area is 432 Å². The Morgan fingerprint density at radius 2 is 0.930 bits per heavy atom. The molecule has 1 aliphatic carbocycles. The molecule has 5 radical (unpaired) electrons. The smallest absolute Gasteiger partial charge is 0.171 e. The largest absolute Gasteiger partial charge is 0.454 e. The number of hydrogen-bond donors (Lipinski definition) is 0. The molecular formula is C62H42B3Br2FNO2. The van der Waals surface area contributed by atoms with Gasteiger partial charge in [0.1, 0.15) is 11.2 Å². The van der Waals surface area contributed by atoms with E-state index in [1.807, 2.05) is 66.7 Å². The van der Waals surface area contributed by atoms with Gasteiger partial charge in [-0.25, -0.2) is 4.39 Å². The van der Waals surface area contributed by atoms with E-state index in [4.69, 9.17) is 8.83 Å². The summed E-state index contributed by atoms with van der Waals surface area (Å²) in [7, 11) is 10.0. The van der Waals surface area contributed by atoms with Gasteiger partial charge in [0, 0.05) is 63.8 Å². The fourth-order valence-corrected chi connectivity index (χ4v) is 11.1. The van der Waals surface area contributed by atoms with Crippen LogP contribution in [-0.4, -0.2) is 27.1 Å². The van der Waals surface area contributed by atoms with Crippen molar-refractivity contribution in [2.75, 3.05) is 0 Å². The maximum absolute atomic E-state index is 14.0. The van der Waals surface area contributed by atoms with E-state index >= 15 is 0 Å². The highest BCUT2D eigenvalue weighted by atomic mass is 79.9. The third-order valence-electron chi connectivity index (χ3n) is 12.8. The molecule has 0 saturated carbocycles. The standard InChI is InChI=1S/C30H18BrNO.C18H11FO.C13H9Br.CH4.B3/c31-23-13-8-15-25-29(23)21-11-4-6-14-24(21)32(25)26-18-17-20(19-9-2-1-3-10-19)28-22-12-5-7-16-27(22)33-30(26)28;19-15-11-10-13(12-6-2-1-3-7-12)17-14-8-4-5-9-16(14)20-18(15)17;14-12-7-3-5-10-8-9-4-1-2-6-11(9)13(10)12;;1-3-2/h1-18H;1-11H;1-7H,8H2;1H4;. The van der Waals surface area contributed by atoms with Gasteiger partial charge in [-0.3, -0.25) is 0 Å². The quantitative estimate of drug-likeness (QED) is 0.165. The SMILES string of the molecule is Brc1cccc2c1-c1ccccc1C2.Brc1cccc2c1c1ccccc1n2-c1ccc(-c2ccccc2)c2c1oc1ccccc12.C.Fc1ccc(-c2ccccc2)c2c1oc1ccccc12.[B][B][B]. The van der Waals surface area contributed by atoms with Crippen LogP contribution in [0, 0.1) is 5.82 Å². The number of benzene rings is 10. The molecule has 0 N–H and O–H groups in total. The zero-order chi connectivity index (χ0) is 47.7. The molecule has 0 unspecified atom stereocenters. The maximum Gasteiger partial charge on any atom is 0.171 e. The van der Waals surface area contributed by atoms with Crippen molar-refractivity contribution < 1.29 is 13.2 Å². The van der Waals surface area contributed by atoms with Crippen LogP contribution in [0.2, 0.25) is 0 Å². The third kappa shape index (κ3) is 8.72. The monoisotopic (exact) mass is 1040 g/mol. The van der Waals surface area contributed by atoms with Crippen molar-refractivity contribution in [3.63, 3.8) is 0 Å². The Bertz CT molecular complexity index is 4040. The molecule has 0 bridgehead atoms. The van der Waals surface area contributed by atoms with Gasteiger partial charge in [0.05, 0.1) is 16.7 Å². The predicted octanol–water partition coefficient (Wildman–Crippen LogP) is 18.0. The second kappa shape index (κ2) is 20.6. The highest BCUT2D eigenvalue weighted by Gasteiger charge is 2.22. The van der Waals surface area contributed by atoms with Gasteiger partial charge in [0.2, 0.25) is 0 Å². The molecule has 10 aromatic carbocycles. The second-order valence-corrected chi connectivity index (χ2v) is 18.6. The first kappa shape index (κ1) is 47.4. The molecule has 13 aromatic rings. The van der Waals surface area contributed by atoms with E-state index in [1.54, 1.807) is 0 Å². The van der Waals surface area contributed by atoms with Crippen LogP contribution in [0.5, 0.6) is 0 Å². The van der Waals surface area contributed by atoms with Gasteiger partial charge < -0.3 is 13.4 Å². The fourth-order valence-electron chi connectivity index (χ4n) is 9.88. The molecule has 3 aromatic heterocycles. The number of para-hydroxylation sites is 3. The summed E-state index contributed by atoms with van der Waals surface area (Å²) >= 11 is 7.40. The van der Waals surface area contributed by atoms with Gasteiger partial charge in [-0.05, 0) is 99.5 Å². The first-order chi connectivity index (χ1) is 34.4. The van der Waals surface area contributed by atoms with Crippen LogP contribution in [0.1, 0.15) is 18.6 Å². The number of hydrogen-bond acceptors (Lipinski definition) is 2. The molecule has 337 valence electrons. The highest BCUT2D eigenvalue weighted by Crippen LogP contribution is 2.44. The Morgan fingerprint density at radius 1 is 0.437 bits per heavy atom. The average Bonchev–Trinajstić information content (AvgIpc) is 4.18. The number of rotatable bonds is 3. The normalized spacial score (nSPS) is 11.3. The van der Waals surface area contributed by atoms with E-state index in [0.29, 0.717) is 11.2 Å². The Hall–Kier alpha value is -7.32. The summed E-state index contributed by atoms with van der Waals surface area (Å²) in [5.41, 5.74) is 16.3. The Balaban J connectivity index is 0.000000130. The van der Waals surface area contributed by atoms with Crippen molar-refractivity contribution in [3.8, 4) is 39.1 Å². The van der Waals surface area contributed by atoms with Crippen LogP contribution in [0.3, 0.4) is 0 Å². The van der Waals surface area contributed by atoms with Gasteiger partial charge in [0.25, 0.3) is 0 Å². The Morgan fingerprint density at radius 3 is 1.61 bits per heavy atom.